The molecule has 8 nitrogen and oxygen atoms in total. The van der Waals surface area contributed by atoms with Gasteiger partial charge in [-0.15, -0.1) is 0 Å². The Morgan fingerprint density at radius 3 is 1.80 bits per heavy atom. The number of benzene rings is 1. The molecule has 1 saturated carbocycles. The van der Waals surface area contributed by atoms with Crippen molar-refractivity contribution in [1.29, 1.82) is 0 Å². The molecule has 2 N–H and O–H groups in total. The van der Waals surface area contributed by atoms with Gasteiger partial charge in [-0.1, -0.05) is 55.4 Å². The molecule has 2 aliphatic rings. The number of anilines is 2. The number of urea groups is 1. The topological polar surface area (TPSA) is 93.2 Å². The zero-order chi connectivity index (χ0) is 31.8. The highest BCUT2D eigenvalue weighted by molar-refractivity contribution is 5.92. The highest BCUT2D eigenvalue weighted by atomic mass is 16.3. The van der Waals surface area contributed by atoms with Crippen LogP contribution in [0.1, 0.15) is 94.4 Å². The number of hydrogen-bond donors (Lipinski definition) is 2. The Balaban J connectivity index is 0. The van der Waals surface area contributed by atoms with E-state index in [4.69, 9.17) is 4.79 Å². The van der Waals surface area contributed by atoms with Crippen molar-refractivity contribution in [2.24, 2.45) is 11.3 Å². The van der Waals surface area contributed by atoms with E-state index in [0.29, 0.717) is 36.9 Å². The van der Waals surface area contributed by atoms with Crippen LogP contribution in [-0.2, 0) is 9.59 Å². The van der Waals surface area contributed by atoms with Gasteiger partial charge in [0.25, 0.3) is 0 Å². The summed E-state index contributed by atoms with van der Waals surface area (Å²) in [4.78, 5) is 38.2. The summed E-state index contributed by atoms with van der Waals surface area (Å²) in [5.41, 5.74) is 2.47. The van der Waals surface area contributed by atoms with E-state index in [1.54, 1.807) is 11.9 Å². The van der Waals surface area contributed by atoms with Crippen LogP contribution in [0, 0.1) is 11.3 Å². The first-order chi connectivity index (χ1) is 19.6. The van der Waals surface area contributed by atoms with E-state index < -0.39 is 0 Å². The van der Waals surface area contributed by atoms with Gasteiger partial charge in [-0.2, -0.15) is 0 Å². The largest absolute Gasteiger partial charge is 0.396 e. The van der Waals surface area contributed by atoms with Gasteiger partial charge >= 0.3 is 6.03 Å². The van der Waals surface area contributed by atoms with Crippen LogP contribution < -0.4 is 15.1 Å². The van der Waals surface area contributed by atoms with Crippen molar-refractivity contribution in [3.05, 3.63) is 24.3 Å². The van der Waals surface area contributed by atoms with Crippen molar-refractivity contribution < 1.29 is 19.5 Å². The molecule has 8 heteroatoms. The Bertz CT molecular complexity index is 773. The Kier molecular flexibility index (Phi) is 24.0. The molecule has 1 heterocycles. The van der Waals surface area contributed by atoms with E-state index in [9.17, 15) is 14.7 Å². The third-order valence-electron chi connectivity index (χ3n) is 6.36. The average molecular weight is 579 g/mol. The van der Waals surface area contributed by atoms with Crippen LogP contribution >= 0.6 is 0 Å². The maximum absolute atomic E-state index is 12.1. The van der Waals surface area contributed by atoms with E-state index in [2.05, 4.69) is 54.9 Å². The lowest BCUT2D eigenvalue weighted by atomic mass is 9.85. The summed E-state index contributed by atoms with van der Waals surface area (Å²) in [6.07, 6.45) is 6.60. The zero-order valence-corrected chi connectivity index (χ0v) is 27.9. The molecule has 0 radical (unpaired) electrons. The fraction of sp³-hybridized carbons (Fsp3) is 0.727. The van der Waals surface area contributed by atoms with E-state index in [-0.39, 0.29) is 6.03 Å². The summed E-state index contributed by atoms with van der Waals surface area (Å²) in [6.45, 7) is 23.1. The Hall–Kier alpha value is -2.45. The summed E-state index contributed by atoms with van der Waals surface area (Å²) >= 11 is 0. The van der Waals surface area contributed by atoms with Crippen molar-refractivity contribution >= 4 is 30.0 Å². The number of amides is 2. The number of carbonyl (C=O) groups is 3. The number of carbonyl (C=O) groups excluding carboxylic acids is 3. The molecule has 0 unspecified atom stereocenters. The molecule has 238 valence electrons. The smallest absolute Gasteiger partial charge is 0.321 e. The maximum Gasteiger partial charge on any atom is 0.321 e. The van der Waals surface area contributed by atoms with Gasteiger partial charge in [0.2, 0.25) is 0 Å². The Morgan fingerprint density at radius 1 is 0.951 bits per heavy atom. The van der Waals surface area contributed by atoms with Gasteiger partial charge in [0.15, 0.2) is 0 Å². The Morgan fingerprint density at radius 2 is 1.41 bits per heavy atom. The highest BCUT2D eigenvalue weighted by Crippen LogP contribution is 2.29. The van der Waals surface area contributed by atoms with E-state index in [0.717, 1.165) is 57.3 Å². The fourth-order valence-electron chi connectivity index (χ4n) is 4.55. The summed E-state index contributed by atoms with van der Waals surface area (Å²) in [6, 6.07) is 8.50. The first-order valence-corrected chi connectivity index (χ1v) is 15.6. The highest BCUT2D eigenvalue weighted by Gasteiger charge is 2.28. The maximum atomic E-state index is 12.1. The van der Waals surface area contributed by atoms with Crippen LogP contribution in [0.4, 0.5) is 16.2 Å². The third kappa shape index (κ3) is 17.9. The van der Waals surface area contributed by atoms with Crippen molar-refractivity contribution in [2.45, 2.75) is 100 Å². The van der Waals surface area contributed by atoms with E-state index in [1.807, 2.05) is 39.8 Å². The summed E-state index contributed by atoms with van der Waals surface area (Å²) in [7, 11) is 1.60. The number of piperazine rings is 1. The second-order valence-electron chi connectivity index (χ2n) is 11.3. The zero-order valence-electron chi connectivity index (χ0n) is 27.9. The Labute approximate surface area is 251 Å². The first kappa shape index (κ1) is 40.7. The van der Waals surface area contributed by atoms with Gasteiger partial charge in [0.05, 0.1) is 0 Å². The minimum atomic E-state index is -0.205. The van der Waals surface area contributed by atoms with Gasteiger partial charge < -0.3 is 24.9 Å². The fourth-order valence-corrected chi connectivity index (χ4v) is 4.55. The van der Waals surface area contributed by atoms with Gasteiger partial charge in [0.1, 0.15) is 12.6 Å². The summed E-state index contributed by atoms with van der Waals surface area (Å²) < 4.78 is 0. The normalized spacial score (nSPS) is 18.3. The molecule has 1 saturated heterocycles. The van der Waals surface area contributed by atoms with Crippen LogP contribution in [-0.4, -0.2) is 81.0 Å². The molecule has 0 aromatic heterocycles. The molecule has 1 aromatic carbocycles. The monoisotopic (exact) mass is 578 g/mol. The second-order valence-corrected chi connectivity index (χ2v) is 11.3. The van der Waals surface area contributed by atoms with Crippen molar-refractivity contribution in [3.8, 4) is 0 Å². The minimum Gasteiger partial charge on any atom is -0.396 e. The number of aliphatic hydroxyl groups is 1. The number of aldehydes is 2. The molecule has 1 aliphatic carbocycles. The van der Waals surface area contributed by atoms with Crippen molar-refractivity contribution in [3.63, 3.8) is 0 Å². The lowest BCUT2D eigenvalue weighted by Gasteiger charge is -2.42. The van der Waals surface area contributed by atoms with Crippen molar-refractivity contribution in [2.75, 3.05) is 56.2 Å². The number of hydrogen-bond acceptors (Lipinski definition) is 6. The molecule has 2 fully saturated rings. The molecule has 3 rings (SSSR count). The molecule has 0 bridgehead atoms. The van der Waals surface area contributed by atoms with Gasteiger partial charge in [-0.05, 0) is 68.2 Å². The van der Waals surface area contributed by atoms with Gasteiger partial charge in [-0.25, -0.2) is 4.79 Å². The van der Waals surface area contributed by atoms with Crippen LogP contribution in [0.5, 0.6) is 0 Å². The predicted molar refractivity (Wildman–Crippen MR) is 175 cm³/mol. The summed E-state index contributed by atoms with van der Waals surface area (Å²) in [5.74, 6) is 0.506. The number of rotatable bonds is 7. The van der Waals surface area contributed by atoms with Crippen LogP contribution in [0.25, 0.3) is 0 Å². The van der Waals surface area contributed by atoms with Crippen molar-refractivity contribution in [1.82, 2.24) is 10.2 Å². The standard InChI is InChI=1S/C22H34N4O3.C5H12.C2H4O.2C2H6/c1-23-22(29)26(11-2-16-27)21-9-7-20(8-10-21)25-14-12-24(13-15-25)19-5-3-18(17-28)4-6-19;1-5(2,3)4;1-2-3;2*1-2/h7-10,16,18-19,28H,2-6,11-15,17H2,1H3,(H,23,29);1-4H3;2H,1H3;2*1-2H3. The summed E-state index contributed by atoms with van der Waals surface area (Å²) in [5, 5.41) is 12.0. The van der Waals surface area contributed by atoms with Crippen LogP contribution in [0.15, 0.2) is 24.3 Å². The SMILES string of the molecule is CC.CC.CC(C)(C)C.CC=O.CNC(=O)N(CCC=O)c1ccc(N2CCN(C3CCC(CO)CC3)CC2)cc1. The van der Waals surface area contributed by atoms with Gasteiger partial charge in [0, 0.05) is 70.2 Å². The number of aliphatic hydroxyl groups excluding tert-OH is 1. The van der Waals surface area contributed by atoms with Crippen LogP contribution in [0.2, 0.25) is 0 Å². The predicted octanol–water partition coefficient (Wildman–Crippen LogP) is 6.40. The third-order valence-corrected chi connectivity index (χ3v) is 6.36. The average Bonchev–Trinajstić information content (AvgIpc) is 2.99. The molecule has 0 spiro atoms. The van der Waals surface area contributed by atoms with Gasteiger partial charge in [-0.3, -0.25) is 9.80 Å². The quantitative estimate of drug-likeness (QED) is 0.364. The molecule has 41 heavy (non-hydrogen) atoms. The van der Waals surface area contributed by atoms with Crippen LogP contribution in [0.3, 0.4) is 0 Å². The molecule has 1 aromatic rings. The number of nitrogens with one attached hydrogen (secondary N) is 1. The number of nitrogens with zero attached hydrogens (tertiary/aromatic N) is 3. The first-order valence-electron chi connectivity index (χ1n) is 15.6. The van der Waals surface area contributed by atoms with E-state index in [1.165, 1.54) is 25.5 Å². The lowest BCUT2D eigenvalue weighted by molar-refractivity contribution is -0.108. The molecular formula is C33H62N4O4. The lowest BCUT2D eigenvalue weighted by Crippen LogP contribution is -2.51. The minimum absolute atomic E-state index is 0.205. The molecule has 1 aliphatic heterocycles. The molecule has 0 atom stereocenters. The molecule has 2 amide bonds. The van der Waals surface area contributed by atoms with E-state index >= 15 is 0 Å². The second kappa shape index (κ2) is 24.2. The molecular weight excluding hydrogens is 516 g/mol.